The molecule has 0 unspecified atom stereocenters. The van der Waals surface area contributed by atoms with Crippen LogP contribution in [0.25, 0.3) is 5.78 Å². The molecular weight excluding hydrogens is 280 g/mol. The third kappa shape index (κ3) is 3.20. The Labute approximate surface area is 130 Å². The van der Waals surface area contributed by atoms with E-state index in [0.29, 0.717) is 18.0 Å². The molecule has 3 heterocycles. The van der Waals surface area contributed by atoms with E-state index >= 15 is 0 Å². The van der Waals surface area contributed by atoms with Crippen molar-refractivity contribution in [3.63, 3.8) is 0 Å². The summed E-state index contributed by atoms with van der Waals surface area (Å²) < 4.78 is 7.57. The van der Waals surface area contributed by atoms with Crippen molar-refractivity contribution in [2.75, 3.05) is 38.1 Å². The van der Waals surface area contributed by atoms with Gasteiger partial charge in [-0.3, -0.25) is 4.90 Å². The average molecular weight is 304 g/mol. The van der Waals surface area contributed by atoms with Gasteiger partial charge in [-0.25, -0.2) is 4.98 Å². The second kappa shape index (κ2) is 6.18. The molecule has 22 heavy (non-hydrogen) atoms. The van der Waals surface area contributed by atoms with E-state index in [1.807, 2.05) is 13.0 Å². The van der Waals surface area contributed by atoms with Crippen LogP contribution in [0.5, 0.6) is 0 Å². The maximum atomic E-state index is 5.78. The summed E-state index contributed by atoms with van der Waals surface area (Å²) in [7, 11) is 2.09. The minimum Gasteiger partial charge on any atom is -0.373 e. The van der Waals surface area contributed by atoms with Gasteiger partial charge in [-0.05, 0) is 20.8 Å². The van der Waals surface area contributed by atoms with Crippen molar-refractivity contribution in [2.45, 2.75) is 33.0 Å². The van der Waals surface area contributed by atoms with Gasteiger partial charge in [0.25, 0.3) is 5.78 Å². The molecule has 120 valence electrons. The van der Waals surface area contributed by atoms with Crippen LogP contribution < -0.4 is 4.90 Å². The SMILES string of the molecule is Cc1cc(N(C)CCN2C[C@@H](C)O[C@@H](C)C2)n2ncnc2n1. The van der Waals surface area contributed by atoms with Gasteiger partial charge in [0, 0.05) is 45.0 Å². The molecule has 1 fully saturated rings. The highest BCUT2D eigenvalue weighted by Crippen LogP contribution is 2.15. The Hall–Kier alpha value is -1.73. The van der Waals surface area contributed by atoms with E-state index < -0.39 is 0 Å². The average Bonchev–Trinajstić information content (AvgIpc) is 2.90. The molecule has 7 heteroatoms. The normalized spacial score (nSPS) is 23.1. The van der Waals surface area contributed by atoms with Crippen molar-refractivity contribution in [2.24, 2.45) is 0 Å². The first-order valence-corrected chi connectivity index (χ1v) is 7.79. The van der Waals surface area contributed by atoms with E-state index in [0.717, 1.165) is 37.7 Å². The van der Waals surface area contributed by atoms with Crippen LogP contribution in [0.4, 0.5) is 5.82 Å². The summed E-state index contributed by atoms with van der Waals surface area (Å²) in [6, 6.07) is 2.05. The van der Waals surface area contributed by atoms with E-state index in [1.165, 1.54) is 0 Å². The number of nitrogens with zero attached hydrogens (tertiary/aromatic N) is 6. The molecule has 0 aliphatic carbocycles. The van der Waals surface area contributed by atoms with E-state index in [1.54, 1.807) is 10.8 Å². The molecule has 1 saturated heterocycles. The van der Waals surface area contributed by atoms with Crippen LogP contribution in [0.15, 0.2) is 12.4 Å². The summed E-state index contributed by atoms with van der Waals surface area (Å²) in [5.74, 6) is 1.67. The fourth-order valence-corrected chi connectivity index (χ4v) is 3.06. The van der Waals surface area contributed by atoms with Gasteiger partial charge in [0.15, 0.2) is 0 Å². The zero-order valence-electron chi connectivity index (χ0n) is 13.7. The predicted octanol–water partition coefficient (Wildman–Crippen LogP) is 0.978. The molecule has 3 rings (SSSR count). The monoisotopic (exact) mass is 304 g/mol. The quantitative estimate of drug-likeness (QED) is 0.839. The fourth-order valence-electron chi connectivity index (χ4n) is 3.06. The lowest BCUT2D eigenvalue weighted by Gasteiger charge is -2.36. The number of hydrogen-bond acceptors (Lipinski definition) is 6. The largest absolute Gasteiger partial charge is 0.373 e. The minimum atomic E-state index is 0.305. The molecule has 2 aromatic rings. The van der Waals surface area contributed by atoms with Gasteiger partial charge in [-0.1, -0.05) is 0 Å². The predicted molar refractivity (Wildman–Crippen MR) is 85.2 cm³/mol. The molecule has 0 amide bonds. The molecule has 2 aromatic heterocycles. The van der Waals surface area contributed by atoms with Gasteiger partial charge in [-0.15, -0.1) is 0 Å². The molecule has 0 N–H and O–H groups in total. The number of aryl methyl sites for hydroxylation is 1. The van der Waals surface area contributed by atoms with Gasteiger partial charge in [0.2, 0.25) is 0 Å². The molecule has 0 radical (unpaired) electrons. The Kier molecular flexibility index (Phi) is 4.26. The van der Waals surface area contributed by atoms with Gasteiger partial charge >= 0.3 is 0 Å². The number of aromatic nitrogens is 4. The van der Waals surface area contributed by atoms with Gasteiger partial charge < -0.3 is 9.64 Å². The first-order valence-electron chi connectivity index (χ1n) is 7.79. The summed E-state index contributed by atoms with van der Waals surface area (Å²) in [6.45, 7) is 10.2. The molecule has 1 aliphatic heterocycles. The lowest BCUT2D eigenvalue weighted by Crippen LogP contribution is -2.47. The number of likely N-dealkylation sites (N-methyl/N-ethyl adjacent to an activating group) is 1. The Morgan fingerprint density at radius 2 is 2.05 bits per heavy atom. The zero-order chi connectivity index (χ0) is 15.7. The van der Waals surface area contributed by atoms with Crippen LogP contribution in [-0.4, -0.2) is 69.9 Å². The number of hydrogen-bond donors (Lipinski definition) is 0. The molecule has 0 spiro atoms. The maximum Gasteiger partial charge on any atom is 0.254 e. The number of morpholine rings is 1. The Morgan fingerprint density at radius 1 is 1.32 bits per heavy atom. The standard InChI is InChI=1S/C15H24N6O/c1-11-7-14(21-15(18-11)16-10-17-21)19(4)5-6-20-8-12(2)22-13(3)9-20/h7,10,12-13H,5-6,8-9H2,1-4H3/t12-,13+. The first kappa shape index (κ1) is 15.2. The Bertz CT molecular complexity index is 632. The lowest BCUT2D eigenvalue weighted by molar-refractivity contribution is -0.0670. The number of rotatable bonds is 4. The van der Waals surface area contributed by atoms with Crippen LogP contribution >= 0.6 is 0 Å². The third-order valence-electron chi connectivity index (χ3n) is 4.00. The van der Waals surface area contributed by atoms with Crippen LogP contribution in [0.1, 0.15) is 19.5 Å². The third-order valence-corrected chi connectivity index (χ3v) is 4.00. The van der Waals surface area contributed by atoms with Crippen molar-refractivity contribution in [3.05, 3.63) is 18.1 Å². The number of fused-ring (bicyclic) bond motifs is 1. The fraction of sp³-hybridized carbons (Fsp3) is 0.667. The molecule has 0 saturated carbocycles. The molecule has 0 aromatic carbocycles. The number of ether oxygens (including phenoxy) is 1. The second-order valence-electron chi connectivity index (χ2n) is 6.17. The molecule has 7 nitrogen and oxygen atoms in total. The van der Waals surface area contributed by atoms with Crippen molar-refractivity contribution < 1.29 is 4.74 Å². The highest BCUT2D eigenvalue weighted by Gasteiger charge is 2.22. The van der Waals surface area contributed by atoms with Gasteiger partial charge in [0.05, 0.1) is 12.2 Å². The van der Waals surface area contributed by atoms with Crippen LogP contribution in [0.3, 0.4) is 0 Å². The van der Waals surface area contributed by atoms with E-state index in [-0.39, 0.29) is 0 Å². The van der Waals surface area contributed by atoms with E-state index in [9.17, 15) is 0 Å². The summed E-state index contributed by atoms with van der Waals surface area (Å²) >= 11 is 0. The molecular formula is C15H24N6O. The zero-order valence-corrected chi connectivity index (χ0v) is 13.7. The van der Waals surface area contributed by atoms with Crippen LogP contribution in [0, 0.1) is 6.92 Å². The number of anilines is 1. The van der Waals surface area contributed by atoms with Crippen molar-refractivity contribution >= 4 is 11.6 Å². The first-order chi connectivity index (χ1) is 10.5. The lowest BCUT2D eigenvalue weighted by atomic mass is 10.2. The van der Waals surface area contributed by atoms with E-state index in [4.69, 9.17) is 4.74 Å². The summed E-state index contributed by atoms with van der Waals surface area (Å²) in [5, 5.41) is 4.27. The van der Waals surface area contributed by atoms with Crippen molar-refractivity contribution in [3.8, 4) is 0 Å². The Balaban J connectivity index is 1.68. The van der Waals surface area contributed by atoms with Crippen molar-refractivity contribution in [1.82, 2.24) is 24.5 Å². The topological polar surface area (TPSA) is 58.8 Å². The summed E-state index contributed by atoms with van der Waals surface area (Å²) in [5.41, 5.74) is 0.955. The smallest absolute Gasteiger partial charge is 0.254 e. The highest BCUT2D eigenvalue weighted by atomic mass is 16.5. The minimum absolute atomic E-state index is 0.305. The van der Waals surface area contributed by atoms with Gasteiger partial charge in [0.1, 0.15) is 12.1 Å². The second-order valence-corrected chi connectivity index (χ2v) is 6.17. The summed E-state index contributed by atoms with van der Waals surface area (Å²) in [6.07, 6.45) is 2.16. The molecule has 2 atom stereocenters. The van der Waals surface area contributed by atoms with Crippen LogP contribution in [0.2, 0.25) is 0 Å². The molecule has 1 aliphatic rings. The van der Waals surface area contributed by atoms with Gasteiger partial charge in [-0.2, -0.15) is 14.6 Å². The molecule has 0 bridgehead atoms. The highest BCUT2D eigenvalue weighted by molar-refractivity contribution is 5.46. The Morgan fingerprint density at radius 3 is 2.77 bits per heavy atom. The summed E-state index contributed by atoms with van der Waals surface area (Å²) in [4.78, 5) is 13.2. The van der Waals surface area contributed by atoms with E-state index in [2.05, 4.69) is 45.8 Å². The maximum absolute atomic E-state index is 5.78. The van der Waals surface area contributed by atoms with Crippen molar-refractivity contribution in [1.29, 1.82) is 0 Å². The van der Waals surface area contributed by atoms with Crippen LogP contribution in [-0.2, 0) is 4.74 Å².